The Kier molecular flexibility index (Phi) is 3.99. The summed E-state index contributed by atoms with van der Waals surface area (Å²) in [6.45, 7) is 13.3. The second-order valence-electron chi connectivity index (χ2n) is 6.47. The Hall–Kier alpha value is -0.300. The van der Waals surface area contributed by atoms with Gasteiger partial charge in [-0.3, -0.25) is 0 Å². The van der Waals surface area contributed by atoms with Crippen LogP contribution in [0, 0.1) is 17.3 Å². The van der Waals surface area contributed by atoms with Crippen molar-refractivity contribution in [3.8, 4) is 0 Å². The van der Waals surface area contributed by atoms with Crippen LogP contribution in [-0.2, 0) is 0 Å². The van der Waals surface area contributed by atoms with Gasteiger partial charge < -0.3 is 5.73 Å². The van der Waals surface area contributed by atoms with Gasteiger partial charge in [-0.1, -0.05) is 26.3 Å². The molecule has 1 nitrogen and oxygen atoms in total. The molecule has 0 heterocycles. The molecule has 88 valence electrons. The van der Waals surface area contributed by atoms with Gasteiger partial charge in [-0.2, -0.15) is 0 Å². The first kappa shape index (κ1) is 12.8. The fourth-order valence-electron chi connectivity index (χ4n) is 3.11. The summed E-state index contributed by atoms with van der Waals surface area (Å²) in [7, 11) is 0. The van der Waals surface area contributed by atoms with Crippen LogP contribution in [0.4, 0.5) is 0 Å². The molecule has 1 aliphatic rings. The van der Waals surface area contributed by atoms with Gasteiger partial charge in [-0.15, -0.1) is 6.58 Å². The van der Waals surface area contributed by atoms with E-state index < -0.39 is 0 Å². The maximum atomic E-state index is 6.08. The molecule has 1 saturated carbocycles. The average Bonchev–Trinajstić information content (AvgIpc) is 1.99. The largest absolute Gasteiger partial charge is 0.328 e. The average molecular weight is 209 g/mol. The summed E-state index contributed by atoms with van der Waals surface area (Å²) in [5.74, 6) is 1.57. The van der Waals surface area contributed by atoms with Crippen LogP contribution < -0.4 is 5.73 Å². The number of nitrogens with two attached hydrogens (primary N) is 1. The first-order valence-electron chi connectivity index (χ1n) is 6.20. The van der Waals surface area contributed by atoms with Crippen molar-refractivity contribution >= 4 is 0 Å². The zero-order valence-corrected chi connectivity index (χ0v) is 10.8. The monoisotopic (exact) mass is 209 g/mol. The topological polar surface area (TPSA) is 26.0 Å². The lowest BCUT2D eigenvalue weighted by Gasteiger charge is -2.42. The van der Waals surface area contributed by atoms with Gasteiger partial charge in [0.1, 0.15) is 0 Å². The van der Waals surface area contributed by atoms with Gasteiger partial charge in [-0.05, 0) is 49.9 Å². The highest BCUT2D eigenvalue weighted by Gasteiger charge is 2.35. The molecule has 3 unspecified atom stereocenters. The lowest BCUT2D eigenvalue weighted by molar-refractivity contribution is 0.0982. The van der Waals surface area contributed by atoms with Crippen LogP contribution in [0.25, 0.3) is 0 Å². The minimum atomic E-state index is 0.417. The van der Waals surface area contributed by atoms with E-state index in [1.807, 2.05) is 0 Å². The molecule has 0 spiro atoms. The van der Waals surface area contributed by atoms with E-state index in [0.29, 0.717) is 11.5 Å². The lowest BCUT2D eigenvalue weighted by Crippen LogP contribution is -2.39. The molecule has 1 aliphatic carbocycles. The Labute approximate surface area is 95.1 Å². The maximum absolute atomic E-state index is 6.08. The van der Waals surface area contributed by atoms with Crippen LogP contribution >= 0.6 is 0 Å². The van der Waals surface area contributed by atoms with Crippen LogP contribution in [-0.4, -0.2) is 6.04 Å². The molecule has 0 radical (unpaired) electrons. The predicted molar refractivity (Wildman–Crippen MR) is 67.7 cm³/mol. The van der Waals surface area contributed by atoms with Gasteiger partial charge in [0.15, 0.2) is 0 Å². The van der Waals surface area contributed by atoms with E-state index in [2.05, 4.69) is 34.3 Å². The SMILES string of the molecule is C=C(C)CC1CC(N)CCC1C(C)(C)C. The zero-order valence-electron chi connectivity index (χ0n) is 10.8. The third-order valence-corrected chi connectivity index (χ3v) is 3.75. The summed E-state index contributed by atoms with van der Waals surface area (Å²) < 4.78 is 0. The lowest BCUT2D eigenvalue weighted by atomic mass is 9.64. The van der Waals surface area contributed by atoms with Crippen molar-refractivity contribution in [2.75, 3.05) is 0 Å². The second-order valence-corrected chi connectivity index (χ2v) is 6.47. The van der Waals surface area contributed by atoms with E-state index >= 15 is 0 Å². The Morgan fingerprint density at radius 2 is 1.93 bits per heavy atom. The fourth-order valence-corrected chi connectivity index (χ4v) is 3.11. The number of rotatable bonds is 2. The molecule has 1 fully saturated rings. The van der Waals surface area contributed by atoms with Gasteiger partial charge in [0.05, 0.1) is 0 Å². The molecule has 3 atom stereocenters. The molecule has 0 saturated heterocycles. The summed E-state index contributed by atoms with van der Waals surface area (Å²) in [5, 5.41) is 0. The molecule has 0 aromatic rings. The van der Waals surface area contributed by atoms with Gasteiger partial charge in [-0.25, -0.2) is 0 Å². The van der Waals surface area contributed by atoms with Crippen molar-refractivity contribution in [2.45, 2.75) is 59.4 Å². The van der Waals surface area contributed by atoms with Gasteiger partial charge in [0, 0.05) is 6.04 Å². The molecule has 0 bridgehead atoms. The van der Waals surface area contributed by atoms with Crippen molar-refractivity contribution in [1.82, 2.24) is 0 Å². The van der Waals surface area contributed by atoms with Crippen molar-refractivity contribution in [3.63, 3.8) is 0 Å². The Balaban J connectivity index is 2.70. The minimum Gasteiger partial charge on any atom is -0.328 e. The molecule has 2 N–H and O–H groups in total. The Morgan fingerprint density at radius 3 is 2.40 bits per heavy atom. The van der Waals surface area contributed by atoms with Crippen molar-refractivity contribution in [1.29, 1.82) is 0 Å². The maximum Gasteiger partial charge on any atom is 0.00417 e. The molecule has 0 aliphatic heterocycles. The molecule has 1 rings (SSSR count). The Bertz CT molecular complexity index is 224. The van der Waals surface area contributed by atoms with E-state index in [0.717, 1.165) is 18.3 Å². The summed E-state index contributed by atoms with van der Waals surface area (Å²) in [5.41, 5.74) is 7.80. The van der Waals surface area contributed by atoms with Gasteiger partial charge >= 0.3 is 0 Å². The number of hydrogen-bond donors (Lipinski definition) is 1. The van der Waals surface area contributed by atoms with Crippen molar-refractivity contribution in [3.05, 3.63) is 12.2 Å². The highest BCUT2D eigenvalue weighted by molar-refractivity contribution is 4.97. The highest BCUT2D eigenvalue weighted by atomic mass is 14.6. The third-order valence-electron chi connectivity index (χ3n) is 3.75. The van der Waals surface area contributed by atoms with E-state index in [4.69, 9.17) is 5.73 Å². The van der Waals surface area contributed by atoms with Crippen LogP contribution in [0.2, 0.25) is 0 Å². The molecular formula is C14H27N. The summed E-state index contributed by atoms with van der Waals surface area (Å²) in [6.07, 6.45) is 4.85. The standard InChI is InChI=1S/C14H27N/c1-10(2)8-11-9-12(15)6-7-13(11)14(3,4)5/h11-13H,1,6-9,15H2,2-5H3. The molecular weight excluding hydrogens is 182 g/mol. The van der Waals surface area contributed by atoms with E-state index in [-0.39, 0.29) is 0 Å². The summed E-state index contributed by atoms with van der Waals surface area (Å²) in [6, 6.07) is 0.424. The second kappa shape index (κ2) is 4.69. The summed E-state index contributed by atoms with van der Waals surface area (Å²) in [4.78, 5) is 0. The molecule has 0 aromatic carbocycles. The summed E-state index contributed by atoms with van der Waals surface area (Å²) >= 11 is 0. The predicted octanol–water partition coefficient (Wildman–Crippen LogP) is 3.74. The number of hydrogen-bond acceptors (Lipinski definition) is 1. The third kappa shape index (κ3) is 3.64. The smallest absolute Gasteiger partial charge is 0.00417 e. The first-order valence-corrected chi connectivity index (χ1v) is 6.20. The first-order chi connectivity index (χ1) is 6.80. The van der Waals surface area contributed by atoms with Gasteiger partial charge in [0.25, 0.3) is 0 Å². The molecule has 15 heavy (non-hydrogen) atoms. The van der Waals surface area contributed by atoms with Crippen molar-refractivity contribution in [2.24, 2.45) is 23.0 Å². The molecule has 0 amide bonds. The Morgan fingerprint density at radius 1 is 1.33 bits per heavy atom. The number of allylic oxidation sites excluding steroid dienone is 1. The van der Waals surface area contributed by atoms with E-state index in [9.17, 15) is 0 Å². The molecule has 1 heteroatoms. The van der Waals surface area contributed by atoms with Crippen LogP contribution in [0.5, 0.6) is 0 Å². The van der Waals surface area contributed by atoms with Crippen molar-refractivity contribution < 1.29 is 0 Å². The quantitative estimate of drug-likeness (QED) is 0.689. The van der Waals surface area contributed by atoms with E-state index in [1.165, 1.54) is 24.8 Å². The fraction of sp³-hybridized carbons (Fsp3) is 0.857. The van der Waals surface area contributed by atoms with Crippen LogP contribution in [0.3, 0.4) is 0 Å². The molecule has 0 aromatic heterocycles. The van der Waals surface area contributed by atoms with E-state index in [1.54, 1.807) is 0 Å². The van der Waals surface area contributed by atoms with Crippen LogP contribution in [0.15, 0.2) is 12.2 Å². The highest BCUT2D eigenvalue weighted by Crippen LogP contribution is 2.43. The normalized spacial score (nSPS) is 32.7. The minimum absolute atomic E-state index is 0.417. The van der Waals surface area contributed by atoms with Crippen LogP contribution in [0.1, 0.15) is 53.4 Å². The van der Waals surface area contributed by atoms with Gasteiger partial charge in [0.2, 0.25) is 0 Å². The zero-order chi connectivity index (χ0) is 11.6.